The highest BCUT2D eigenvalue weighted by Crippen LogP contribution is 2.13. The van der Waals surface area contributed by atoms with Gasteiger partial charge in [0, 0.05) is 25.5 Å². The van der Waals surface area contributed by atoms with Gasteiger partial charge in [0.1, 0.15) is 58.4 Å². The molecule has 2 aromatic carbocycles. The Kier molecular flexibility index (Phi) is 22.5. The summed E-state index contributed by atoms with van der Waals surface area (Å²) < 4.78 is 29.3. The molecule has 0 saturated carbocycles. The molecule has 8 amide bonds. The normalized spacial score (nSPS) is 13.7. The van der Waals surface area contributed by atoms with Gasteiger partial charge in [0.05, 0.1) is 18.9 Å². The van der Waals surface area contributed by atoms with Gasteiger partial charge >= 0.3 is 18.0 Å². The number of carboxylic acids is 2. The van der Waals surface area contributed by atoms with Crippen molar-refractivity contribution in [1.82, 2.24) is 37.2 Å². The maximum atomic E-state index is 13.8. The van der Waals surface area contributed by atoms with Crippen molar-refractivity contribution in [2.45, 2.75) is 88.3 Å². The predicted octanol–water partition coefficient (Wildman–Crippen LogP) is -3.57. The van der Waals surface area contributed by atoms with E-state index in [1.54, 1.807) is 30.3 Å². The Hall–Kier alpha value is -7.35. The fourth-order valence-corrected chi connectivity index (χ4v) is 6.29. The fourth-order valence-electron chi connectivity index (χ4n) is 5.62. The molecule has 0 radical (unpaired) electrons. The summed E-state index contributed by atoms with van der Waals surface area (Å²) in [6, 6.07) is 4.17. The van der Waals surface area contributed by atoms with Crippen molar-refractivity contribution in [3.05, 3.63) is 65.7 Å². The highest BCUT2D eigenvalue weighted by Gasteiger charge is 2.33. The third-order valence-corrected chi connectivity index (χ3v) is 10.2. The number of nitrogens with two attached hydrogens (primary N) is 1. The van der Waals surface area contributed by atoms with Crippen LogP contribution in [0.25, 0.3) is 0 Å². The number of phenols is 1. The Morgan fingerprint density at radius 1 is 0.636 bits per heavy atom. The lowest BCUT2D eigenvalue weighted by Gasteiger charge is -2.26. The van der Waals surface area contributed by atoms with Crippen LogP contribution in [0, 0.1) is 0 Å². The number of primary amides is 1. The molecule has 0 bridgehead atoms. The molecule has 362 valence electrons. The first-order chi connectivity index (χ1) is 31.0. The molecular weight excluding hydrogens is 897 g/mol. The zero-order valence-corrected chi connectivity index (χ0v) is 36.6. The second kappa shape index (κ2) is 27.1. The number of benzene rings is 2. The van der Waals surface area contributed by atoms with E-state index in [9.17, 15) is 71.7 Å². The van der Waals surface area contributed by atoms with Crippen molar-refractivity contribution in [3.63, 3.8) is 0 Å². The molecule has 25 nitrogen and oxygen atoms in total. The number of rotatable bonds is 28. The minimum Gasteiger partial charge on any atom is -0.508 e. The monoisotopic (exact) mass is 950 g/mol. The number of aliphatic carboxylic acids is 2. The van der Waals surface area contributed by atoms with Gasteiger partial charge in [-0.25, -0.2) is 13.2 Å². The van der Waals surface area contributed by atoms with E-state index in [0.717, 1.165) is 6.26 Å². The lowest BCUT2D eigenvalue weighted by atomic mass is 10.0. The number of hydrogen-bond donors (Lipinski definition) is 12. The Morgan fingerprint density at radius 3 is 1.68 bits per heavy atom. The molecule has 0 fully saturated rings. The van der Waals surface area contributed by atoms with Crippen molar-refractivity contribution >= 4 is 69.2 Å². The van der Waals surface area contributed by atoms with Gasteiger partial charge in [-0.2, -0.15) is 0 Å². The highest BCUT2D eigenvalue weighted by molar-refractivity contribution is 7.90. The summed E-state index contributed by atoms with van der Waals surface area (Å²) in [4.78, 5) is 126. The van der Waals surface area contributed by atoms with Gasteiger partial charge in [-0.15, -0.1) is 0 Å². The number of aromatic hydroxyl groups is 1. The standard InChI is InChI=1S/C40H54N8O17S/c1-22(43-40(62)65-21-24-6-4-3-5-7-24)35(57)42-19-31(51)44-27(13-15-33(54)55)36(58)48-30(20-49)39(61)46-28(16-17-66(2,63)64)37(59)47-29(18-23-8-10-25(50)11-9-23)38(60)45-26(34(41)56)12-14-32(52)53/h3-11,22,26-30,49-50H,12-21H2,1-2H3,(H2,41,56)(H,42,57)(H,43,62)(H,44,51)(H,45,60)(H,46,61)(H,47,59)(H,48,58)(H,52,53)(H,54,55)/t22-,26-,27-,28-,29-,30-/m0/s1. The summed E-state index contributed by atoms with van der Waals surface area (Å²) in [6.45, 7) is -0.746. The predicted molar refractivity (Wildman–Crippen MR) is 228 cm³/mol. The number of amides is 8. The molecule has 0 aliphatic rings. The van der Waals surface area contributed by atoms with Gasteiger partial charge in [-0.1, -0.05) is 42.5 Å². The maximum absolute atomic E-state index is 13.8. The minimum atomic E-state index is -3.83. The molecule has 66 heavy (non-hydrogen) atoms. The third-order valence-electron chi connectivity index (χ3n) is 9.20. The number of sulfone groups is 1. The molecule has 0 aromatic heterocycles. The number of alkyl carbamates (subject to hydrolysis) is 1. The van der Waals surface area contributed by atoms with E-state index >= 15 is 0 Å². The van der Waals surface area contributed by atoms with Crippen LogP contribution in [0.3, 0.4) is 0 Å². The molecule has 0 saturated heterocycles. The molecular formula is C40H54N8O17S. The van der Waals surface area contributed by atoms with Crippen molar-refractivity contribution in [1.29, 1.82) is 0 Å². The van der Waals surface area contributed by atoms with Gasteiger partial charge in [0.2, 0.25) is 41.4 Å². The fraction of sp³-hybridized carbons (Fsp3) is 0.450. The molecule has 0 unspecified atom stereocenters. The van der Waals surface area contributed by atoms with E-state index < -0.39 is 156 Å². The van der Waals surface area contributed by atoms with Crippen molar-refractivity contribution in [3.8, 4) is 5.75 Å². The topological polar surface area (TPSA) is 405 Å². The van der Waals surface area contributed by atoms with Crippen LogP contribution < -0.4 is 43.0 Å². The molecule has 0 aliphatic carbocycles. The number of carbonyl (C=O) groups excluding carboxylic acids is 8. The van der Waals surface area contributed by atoms with E-state index in [4.69, 9.17) is 15.6 Å². The highest BCUT2D eigenvalue weighted by atomic mass is 32.2. The quantitative estimate of drug-likeness (QED) is 0.0393. The number of hydrogen-bond acceptors (Lipinski definition) is 15. The first kappa shape index (κ1) is 54.8. The van der Waals surface area contributed by atoms with Gasteiger partial charge in [-0.05, 0) is 49.4 Å². The molecule has 13 N–H and O–H groups in total. The Labute approximate surface area is 377 Å². The summed E-state index contributed by atoms with van der Waals surface area (Å²) in [7, 11) is -3.83. The zero-order valence-electron chi connectivity index (χ0n) is 35.8. The van der Waals surface area contributed by atoms with Crippen LogP contribution in [0.2, 0.25) is 0 Å². The summed E-state index contributed by atoms with van der Waals surface area (Å²) >= 11 is 0. The molecule has 26 heteroatoms. The second-order valence-electron chi connectivity index (χ2n) is 14.7. The summed E-state index contributed by atoms with van der Waals surface area (Å²) in [5.74, 6) is -11.3. The number of ether oxygens (including phenoxy) is 1. The smallest absolute Gasteiger partial charge is 0.408 e. The number of carboxylic acid groups (broad SMARTS) is 2. The molecule has 2 aromatic rings. The van der Waals surface area contributed by atoms with Gasteiger partial charge in [0.15, 0.2) is 0 Å². The zero-order chi connectivity index (χ0) is 49.6. The first-order valence-corrected chi connectivity index (χ1v) is 22.1. The SMILES string of the molecule is C[C@H](NC(=O)OCc1ccccc1)C(=O)NCC(=O)N[C@@H](CCC(=O)O)C(=O)N[C@@H](CO)C(=O)N[C@@H](CCS(C)(=O)=O)C(=O)N[C@@H](Cc1ccc(O)cc1)C(=O)N[C@@H](CCC(=O)O)C(N)=O. The lowest BCUT2D eigenvalue weighted by Crippen LogP contribution is -2.60. The number of phenolic OH excluding ortho intramolecular Hbond substituents is 1. The Morgan fingerprint density at radius 2 is 1.14 bits per heavy atom. The lowest BCUT2D eigenvalue weighted by molar-refractivity contribution is -0.139. The van der Waals surface area contributed by atoms with Gasteiger partial charge in [-0.3, -0.25) is 43.2 Å². The molecule has 0 aliphatic heterocycles. The number of carbonyl (C=O) groups is 10. The summed E-state index contributed by atoms with van der Waals surface area (Å²) in [5.41, 5.74) is 6.36. The molecule has 2 rings (SSSR count). The average molecular weight is 951 g/mol. The van der Waals surface area contributed by atoms with E-state index in [1.807, 2.05) is 0 Å². The van der Waals surface area contributed by atoms with Gasteiger partial charge in [0.25, 0.3) is 0 Å². The van der Waals surface area contributed by atoms with E-state index in [1.165, 1.54) is 31.2 Å². The first-order valence-electron chi connectivity index (χ1n) is 20.0. The van der Waals surface area contributed by atoms with Crippen molar-refractivity contribution in [2.75, 3.05) is 25.2 Å². The molecule has 0 heterocycles. The summed E-state index contributed by atoms with van der Waals surface area (Å²) in [6.07, 6.45) is -3.36. The number of aliphatic hydroxyl groups excluding tert-OH is 1. The van der Waals surface area contributed by atoms with Crippen LogP contribution in [0.4, 0.5) is 4.79 Å². The number of aliphatic hydroxyl groups is 1. The van der Waals surface area contributed by atoms with Crippen molar-refractivity contribution < 1.29 is 81.5 Å². The van der Waals surface area contributed by atoms with E-state index in [2.05, 4.69) is 37.2 Å². The third kappa shape index (κ3) is 21.3. The Balaban J connectivity index is 2.21. The van der Waals surface area contributed by atoms with Crippen LogP contribution >= 0.6 is 0 Å². The van der Waals surface area contributed by atoms with Crippen LogP contribution in [0.1, 0.15) is 50.2 Å². The largest absolute Gasteiger partial charge is 0.508 e. The molecule has 6 atom stereocenters. The summed E-state index contributed by atoms with van der Waals surface area (Å²) in [5, 5.41) is 53.8. The minimum absolute atomic E-state index is 0.0916. The second-order valence-corrected chi connectivity index (χ2v) is 17.0. The average Bonchev–Trinajstić information content (AvgIpc) is 3.25. The Bertz CT molecular complexity index is 2160. The van der Waals surface area contributed by atoms with Crippen LogP contribution in [-0.2, 0) is 70.8 Å². The van der Waals surface area contributed by atoms with Crippen LogP contribution in [0.15, 0.2) is 54.6 Å². The maximum Gasteiger partial charge on any atom is 0.408 e. The van der Waals surface area contributed by atoms with Gasteiger partial charge < -0.3 is 68.1 Å². The van der Waals surface area contributed by atoms with Crippen LogP contribution in [-0.4, -0.2) is 150 Å². The van der Waals surface area contributed by atoms with E-state index in [0.29, 0.717) is 11.1 Å². The van der Waals surface area contributed by atoms with Crippen LogP contribution in [0.5, 0.6) is 5.75 Å². The van der Waals surface area contributed by atoms with E-state index in [-0.39, 0.29) is 18.8 Å². The molecule has 0 spiro atoms. The van der Waals surface area contributed by atoms with Crippen molar-refractivity contribution in [2.24, 2.45) is 5.73 Å². The number of nitrogens with one attached hydrogen (secondary N) is 7.